The van der Waals surface area contributed by atoms with Gasteiger partial charge in [-0.2, -0.15) is 0 Å². The van der Waals surface area contributed by atoms with Crippen molar-refractivity contribution < 1.29 is 19.1 Å². The highest BCUT2D eigenvalue weighted by molar-refractivity contribution is 6.23. The lowest BCUT2D eigenvalue weighted by atomic mass is 9.83. The second kappa shape index (κ2) is 8.04. The molecule has 1 N–H and O–H groups in total. The maximum Gasteiger partial charge on any atom is 0.421 e. The van der Waals surface area contributed by atoms with Gasteiger partial charge in [-0.05, 0) is 56.7 Å². The van der Waals surface area contributed by atoms with Gasteiger partial charge in [-0.1, -0.05) is 48.5 Å². The first kappa shape index (κ1) is 21.4. The van der Waals surface area contributed by atoms with Crippen LogP contribution in [0.25, 0.3) is 0 Å². The molecule has 0 aromatic heterocycles. The Morgan fingerprint density at radius 2 is 1.56 bits per heavy atom. The van der Waals surface area contributed by atoms with Crippen LogP contribution < -0.4 is 15.0 Å². The van der Waals surface area contributed by atoms with Crippen LogP contribution in [0.2, 0.25) is 0 Å². The summed E-state index contributed by atoms with van der Waals surface area (Å²) in [6, 6.07) is 24.0. The third-order valence-corrected chi connectivity index (χ3v) is 5.26. The molecule has 6 heteroatoms. The quantitative estimate of drug-likeness (QED) is 0.606. The fraction of sp³-hybridized carbons (Fsp3) is 0.231. The molecule has 2 amide bonds. The number of amides is 2. The van der Waals surface area contributed by atoms with Crippen LogP contribution in [-0.4, -0.2) is 24.7 Å². The minimum absolute atomic E-state index is 0.440. The van der Waals surface area contributed by atoms with Gasteiger partial charge in [0, 0.05) is 11.3 Å². The van der Waals surface area contributed by atoms with Gasteiger partial charge in [0.1, 0.15) is 11.4 Å². The molecule has 0 fully saturated rings. The van der Waals surface area contributed by atoms with E-state index in [9.17, 15) is 9.59 Å². The van der Waals surface area contributed by atoms with Crippen LogP contribution in [0.15, 0.2) is 78.9 Å². The topological polar surface area (TPSA) is 67.9 Å². The predicted octanol–water partition coefficient (Wildman–Crippen LogP) is 5.33. The van der Waals surface area contributed by atoms with Crippen molar-refractivity contribution in [2.45, 2.75) is 31.9 Å². The molecule has 0 bridgehead atoms. The summed E-state index contributed by atoms with van der Waals surface area (Å²) in [5, 5.41) is 3.42. The number of anilines is 2. The summed E-state index contributed by atoms with van der Waals surface area (Å²) in [6.07, 6.45) is -0.721. The third-order valence-electron chi connectivity index (χ3n) is 5.26. The largest absolute Gasteiger partial charge is 0.497 e. The highest BCUT2D eigenvalue weighted by Gasteiger charge is 2.55. The van der Waals surface area contributed by atoms with Crippen LogP contribution in [0.1, 0.15) is 31.9 Å². The molecule has 1 atom stereocenters. The van der Waals surface area contributed by atoms with Gasteiger partial charge in [-0.3, -0.25) is 4.79 Å². The summed E-state index contributed by atoms with van der Waals surface area (Å²) in [6.45, 7) is 5.31. The summed E-state index contributed by atoms with van der Waals surface area (Å²) < 4.78 is 11.0. The first-order valence-corrected chi connectivity index (χ1v) is 10.4. The highest BCUT2D eigenvalue weighted by atomic mass is 16.6. The Kier molecular flexibility index (Phi) is 5.38. The van der Waals surface area contributed by atoms with Gasteiger partial charge in [0.25, 0.3) is 5.91 Å². The Balaban J connectivity index is 1.96. The lowest BCUT2D eigenvalue weighted by molar-refractivity contribution is -0.120. The van der Waals surface area contributed by atoms with Crippen molar-refractivity contribution in [3.05, 3.63) is 90.0 Å². The molecule has 1 aliphatic rings. The third kappa shape index (κ3) is 3.68. The van der Waals surface area contributed by atoms with E-state index >= 15 is 0 Å². The lowest BCUT2D eigenvalue weighted by Crippen LogP contribution is -2.49. The Hall–Kier alpha value is -3.80. The number of fused-ring (bicyclic) bond motifs is 1. The van der Waals surface area contributed by atoms with Crippen LogP contribution >= 0.6 is 0 Å². The van der Waals surface area contributed by atoms with Gasteiger partial charge in [0.2, 0.25) is 0 Å². The maximum atomic E-state index is 14.1. The molecule has 1 aliphatic heterocycles. The summed E-state index contributed by atoms with van der Waals surface area (Å²) >= 11 is 0. The summed E-state index contributed by atoms with van der Waals surface area (Å²) in [7, 11) is 1.57. The molecule has 0 unspecified atom stereocenters. The van der Waals surface area contributed by atoms with E-state index < -0.39 is 23.1 Å². The van der Waals surface area contributed by atoms with Gasteiger partial charge in [-0.15, -0.1) is 0 Å². The summed E-state index contributed by atoms with van der Waals surface area (Å²) in [4.78, 5) is 28.4. The number of carbonyl (C=O) groups excluding carboxylic acids is 2. The molecule has 6 nitrogen and oxygen atoms in total. The molecule has 0 radical (unpaired) electrons. The molecule has 3 aromatic carbocycles. The Morgan fingerprint density at radius 3 is 2.16 bits per heavy atom. The second-order valence-electron chi connectivity index (χ2n) is 8.61. The fourth-order valence-corrected chi connectivity index (χ4v) is 3.92. The van der Waals surface area contributed by atoms with Crippen molar-refractivity contribution >= 4 is 23.4 Å². The molecule has 0 saturated heterocycles. The van der Waals surface area contributed by atoms with Crippen LogP contribution in [-0.2, 0) is 15.1 Å². The minimum atomic E-state index is -1.34. The molecule has 164 valence electrons. The average Bonchev–Trinajstić information content (AvgIpc) is 3.02. The first-order chi connectivity index (χ1) is 15.3. The number of nitrogens with zero attached hydrogens (tertiary/aromatic N) is 1. The molecule has 1 heterocycles. The van der Waals surface area contributed by atoms with E-state index in [2.05, 4.69) is 5.32 Å². The van der Waals surface area contributed by atoms with Gasteiger partial charge in [0.05, 0.1) is 12.8 Å². The zero-order chi connectivity index (χ0) is 22.9. The molecular weight excluding hydrogens is 404 g/mol. The van der Waals surface area contributed by atoms with Gasteiger partial charge in [-0.25, -0.2) is 9.69 Å². The molecular formula is C26H26N2O4. The van der Waals surface area contributed by atoms with E-state index in [0.29, 0.717) is 22.6 Å². The van der Waals surface area contributed by atoms with E-state index in [1.807, 2.05) is 60.7 Å². The number of ether oxygens (including phenoxy) is 2. The van der Waals surface area contributed by atoms with Crippen molar-refractivity contribution in [3.8, 4) is 5.75 Å². The molecule has 0 spiro atoms. The number of hydrogen-bond acceptors (Lipinski definition) is 5. The van der Waals surface area contributed by atoms with Gasteiger partial charge in [0.15, 0.2) is 5.54 Å². The second-order valence-corrected chi connectivity index (χ2v) is 8.61. The normalized spacial score (nSPS) is 17.6. The number of hydrogen-bond donors (Lipinski definition) is 1. The standard InChI is InChI=1S/C26H26N2O4/c1-25(2,3)32-24(30)28-22-16-15-20(31-4)17-21(22)26(23(28)29,18-11-7-5-8-12-18)27-19-13-9-6-10-14-19/h5-17,27H,1-4H3/t26-/m1/s1. The smallest absolute Gasteiger partial charge is 0.421 e. The van der Waals surface area contributed by atoms with Gasteiger partial charge >= 0.3 is 6.09 Å². The monoisotopic (exact) mass is 430 g/mol. The van der Waals surface area contributed by atoms with E-state index in [1.165, 1.54) is 0 Å². The lowest BCUT2D eigenvalue weighted by Gasteiger charge is -2.32. The van der Waals surface area contributed by atoms with Crippen molar-refractivity contribution in [3.63, 3.8) is 0 Å². The zero-order valence-corrected chi connectivity index (χ0v) is 18.6. The van der Waals surface area contributed by atoms with E-state index in [4.69, 9.17) is 9.47 Å². The van der Waals surface area contributed by atoms with Crippen molar-refractivity contribution in [2.24, 2.45) is 0 Å². The van der Waals surface area contributed by atoms with Crippen LogP contribution in [0.3, 0.4) is 0 Å². The fourth-order valence-electron chi connectivity index (χ4n) is 3.92. The number of nitrogens with one attached hydrogen (secondary N) is 1. The number of methoxy groups -OCH3 is 1. The zero-order valence-electron chi connectivity index (χ0n) is 18.6. The number of carbonyl (C=O) groups is 2. The van der Waals surface area contributed by atoms with Crippen LogP contribution in [0.5, 0.6) is 5.75 Å². The number of benzene rings is 3. The Morgan fingerprint density at radius 1 is 0.938 bits per heavy atom. The van der Waals surface area contributed by atoms with Crippen molar-refractivity contribution in [1.29, 1.82) is 0 Å². The number of rotatable bonds is 4. The Bertz CT molecular complexity index is 1140. The summed E-state index contributed by atoms with van der Waals surface area (Å²) in [5.74, 6) is 0.141. The molecule has 32 heavy (non-hydrogen) atoms. The first-order valence-electron chi connectivity index (χ1n) is 10.4. The molecule has 3 aromatic rings. The van der Waals surface area contributed by atoms with E-state index in [-0.39, 0.29) is 0 Å². The molecule has 4 rings (SSSR count). The Labute approximate surface area is 187 Å². The van der Waals surface area contributed by atoms with Crippen molar-refractivity contribution in [1.82, 2.24) is 0 Å². The molecule has 0 saturated carbocycles. The molecule has 0 aliphatic carbocycles. The predicted molar refractivity (Wildman–Crippen MR) is 124 cm³/mol. The minimum Gasteiger partial charge on any atom is -0.497 e. The number of imide groups is 1. The van der Waals surface area contributed by atoms with E-state index in [1.54, 1.807) is 46.1 Å². The number of para-hydroxylation sites is 1. The van der Waals surface area contributed by atoms with E-state index in [0.717, 1.165) is 10.6 Å². The van der Waals surface area contributed by atoms with Crippen molar-refractivity contribution in [2.75, 3.05) is 17.3 Å². The maximum absolute atomic E-state index is 14.1. The average molecular weight is 431 g/mol. The SMILES string of the molecule is COc1ccc2c(c1)[C@](Nc1ccccc1)(c1ccccc1)C(=O)N2C(=O)OC(C)(C)C. The highest BCUT2D eigenvalue weighted by Crippen LogP contribution is 2.48. The summed E-state index contributed by atoms with van der Waals surface area (Å²) in [5.41, 5.74) is 0.414. The van der Waals surface area contributed by atoms with Gasteiger partial charge < -0.3 is 14.8 Å². The van der Waals surface area contributed by atoms with Crippen LogP contribution in [0.4, 0.5) is 16.2 Å². The van der Waals surface area contributed by atoms with Crippen LogP contribution in [0, 0.1) is 0 Å².